The van der Waals surface area contributed by atoms with Crippen LogP contribution < -0.4 is 15.0 Å². The molecule has 8 nitrogen and oxygen atoms in total. The lowest BCUT2D eigenvalue weighted by Gasteiger charge is -2.32. The fraction of sp³-hybridized carbons (Fsp3) is 0.526. The van der Waals surface area contributed by atoms with Gasteiger partial charge in [0.2, 0.25) is 11.8 Å². The van der Waals surface area contributed by atoms with Crippen molar-refractivity contribution in [3.8, 4) is 5.75 Å². The van der Waals surface area contributed by atoms with E-state index in [0.717, 1.165) is 38.5 Å². The molecule has 2 fully saturated rings. The van der Waals surface area contributed by atoms with Gasteiger partial charge in [0, 0.05) is 18.5 Å². The highest BCUT2D eigenvalue weighted by Gasteiger charge is 2.28. The van der Waals surface area contributed by atoms with Crippen molar-refractivity contribution in [3.63, 3.8) is 0 Å². The van der Waals surface area contributed by atoms with E-state index in [9.17, 15) is 14.4 Å². The SMILES string of the molecule is COc1ccc(C[NH+]2CCN(C(=O)CCCN3C(=O)CNC3=O)CC2)cc1. The topological polar surface area (TPSA) is 83.4 Å². The first kappa shape index (κ1) is 19.2. The summed E-state index contributed by atoms with van der Waals surface area (Å²) in [7, 11) is 1.66. The van der Waals surface area contributed by atoms with Gasteiger partial charge in [0.05, 0.1) is 39.8 Å². The summed E-state index contributed by atoms with van der Waals surface area (Å²) in [5.74, 6) is 0.742. The van der Waals surface area contributed by atoms with Gasteiger partial charge in [0.1, 0.15) is 12.3 Å². The van der Waals surface area contributed by atoms with Crippen LogP contribution in [0.25, 0.3) is 0 Å². The molecule has 1 aromatic rings. The van der Waals surface area contributed by atoms with Gasteiger partial charge in [-0.2, -0.15) is 0 Å². The molecule has 0 aliphatic carbocycles. The minimum Gasteiger partial charge on any atom is -0.497 e. The maximum absolute atomic E-state index is 12.4. The number of ether oxygens (including phenoxy) is 1. The van der Waals surface area contributed by atoms with E-state index >= 15 is 0 Å². The first-order chi connectivity index (χ1) is 13.1. The summed E-state index contributed by atoms with van der Waals surface area (Å²) in [5.41, 5.74) is 1.26. The third-order valence-corrected chi connectivity index (χ3v) is 5.15. The molecule has 0 bridgehead atoms. The molecular weight excluding hydrogens is 348 g/mol. The first-order valence-electron chi connectivity index (χ1n) is 9.39. The lowest BCUT2D eigenvalue weighted by Crippen LogP contribution is -3.13. The molecule has 4 amide bonds. The molecule has 1 aromatic carbocycles. The number of nitrogens with one attached hydrogen (secondary N) is 2. The molecule has 2 aliphatic rings. The Bertz CT molecular complexity index is 667. The van der Waals surface area contributed by atoms with Crippen LogP contribution in [0.15, 0.2) is 24.3 Å². The van der Waals surface area contributed by atoms with E-state index in [1.807, 2.05) is 17.0 Å². The zero-order valence-electron chi connectivity index (χ0n) is 15.7. The molecule has 0 spiro atoms. The number of carbonyl (C=O) groups excluding carboxylic acids is 3. The van der Waals surface area contributed by atoms with Crippen molar-refractivity contribution in [3.05, 3.63) is 29.8 Å². The number of urea groups is 1. The summed E-state index contributed by atoms with van der Waals surface area (Å²) in [4.78, 5) is 39.9. The fourth-order valence-electron chi connectivity index (χ4n) is 3.51. The maximum Gasteiger partial charge on any atom is 0.324 e. The molecule has 2 saturated heterocycles. The third-order valence-electron chi connectivity index (χ3n) is 5.15. The minimum absolute atomic E-state index is 0.0612. The normalized spacial score (nSPS) is 18.0. The van der Waals surface area contributed by atoms with Crippen molar-refractivity contribution in [2.45, 2.75) is 19.4 Å². The summed E-state index contributed by atoms with van der Waals surface area (Å²) >= 11 is 0. The van der Waals surface area contributed by atoms with Gasteiger partial charge in [-0.25, -0.2) is 4.79 Å². The zero-order chi connectivity index (χ0) is 19.2. The Morgan fingerprint density at radius 3 is 2.48 bits per heavy atom. The van der Waals surface area contributed by atoms with Crippen molar-refractivity contribution in [2.75, 3.05) is 46.4 Å². The Morgan fingerprint density at radius 2 is 1.89 bits per heavy atom. The van der Waals surface area contributed by atoms with Gasteiger partial charge in [-0.15, -0.1) is 0 Å². The molecule has 27 heavy (non-hydrogen) atoms. The smallest absolute Gasteiger partial charge is 0.324 e. The molecule has 8 heteroatoms. The van der Waals surface area contributed by atoms with E-state index in [4.69, 9.17) is 4.74 Å². The van der Waals surface area contributed by atoms with E-state index in [1.165, 1.54) is 15.4 Å². The molecule has 146 valence electrons. The number of hydrogen-bond acceptors (Lipinski definition) is 4. The van der Waals surface area contributed by atoms with Crippen molar-refractivity contribution in [2.24, 2.45) is 0 Å². The Hall–Kier alpha value is -2.61. The molecule has 0 atom stereocenters. The Labute approximate surface area is 159 Å². The molecule has 2 heterocycles. The molecule has 0 aromatic heterocycles. The van der Waals surface area contributed by atoms with Crippen LogP contribution in [0.5, 0.6) is 5.75 Å². The average molecular weight is 375 g/mol. The van der Waals surface area contributed by atoms with Crippen molar-refractivity contribution >= 4 is 17.8 Å². The molecule has 3 rings (SSSR count). The molecule has 2 N–H and O–H groups in total. The van der Waals surface area contributed by atoms with Crippen LogP contribution in [-0.4, -0.2) is 74.0 Å². The standard InChI is InChI=1S/C19H26N4O4/c1-27-16-6-4-15(5-7-16)14-21-9-11-22(12-10-21)17(24)3-2-8-23-18(25)13-20-19(23)26/h4-7H,2-3,8-14H2,1H3,(H,20,26)/p+1. The summed E-state index contributed by atoms with van der Waals surface area (Å²) in [5, 5.41) is 2.48. The van der Waals surface area contributed by atoms with E-state index in [-0.39, 0.29) is 24.4 Å². The Balaban J connectivity index is 1.37. The number of piperazine rings is 1. The summed E-state index contributed by atoms with van der Waals surface area (Å²) < 4.78 is 5.18. The second-order valence-electron chi connectivity index (χ2n) is 6.96. The summed E-state index contributed by atoms with van der Waals surface area (Å²) in [6, 6.07) is 7.75. The van der Waals surface area contributed by atoms with Gasteiger partial charge in [-0.1, -0.05) is 0 Å². The van der Waals surface area contributed by atoms with E-state index in [0.29, 0.717) is 19.4 Å². The number of carbonyl (C=O) groups is 3. The van der Waals surface area contributed by atoms with E-state index in [2.05, 4.69) is 17.4 Å². The average Bonchev–Trinajstić information content (AvgIpc) is 3.01. The second kappa shape index (κ2) is 8.85. The summed E-state index contributed by atoms with van der Waals surface area (Å²) in [6.07, 6.45) is 0.877. The van der Waals surface area contributed by atoms with Gasteiger partial charge in [0.25, 0.3) is 0 Å². The number of benzene rings is 1. The minimum atomic E-state index is -0.358. The van der Waals surface area contributed by atoms with Crippen LogP contribution in [0, 0.1) is 0 Å². The van der Waals surface area contributed by atoms with Gasteiger partial charge in [0.15, 0.2) is 0 Å². The first-order valence-corrected chi connectivity index (χ1v) is 9.39. The molecule has 2 aliphatic heterocycles. The molecular formula is C19H27N4O4+. The van der Waals surface area contributed by atoms with Crippen LogP contribution in [0.3, 0.4) is 0 Å². The number of nitrogens with zero attached hydrogens (tertiary/aromatic N) is 2. The second-order valence-corrected chi connectivity index (χ2v) is 6.96. The third kappa shape index (κ3) is 4.97. The predicted molar refractivity (Wildman–Crippen MR) is 98.3 cm³/mol. The number of hydrogen-bond donors (Lipinski definition) is 2. The van der Waals surface area contributed by atoms with E-state index in [1.54, 1.807) is 7.11 Å². The Kier molecular flexibility index (Phi) is 6.28. The number of imide groups is 1. The van der Waals surface area contributed by atoms with Gasteiger partial charge in [-0.3, -0.25) is 14.5 Å². The van der Waals surface area contributed by atoms with Crippen LogP contribution in [-0.2, 0) is 16.1 Å². The quantitative estimate of drug-likeness (QED) is 0.615. The molecule has 0 radical (unpaired) electrons. The van der Waals surface area contributed by atoms with Gasteiger partial charge >= 0.3 is 6.03 Å². The number of methoxy groups -OCH3 is 1. The Morgan fingerprint density at radius 1 is 1.19 bits per heavy atom. The number of quaternary nitrogens is 1. The maximum atomic E-state index is 12.4. The molecule has 0 unspecified atom stereocenters. The van der Waals surface area contributed by atoms with Gasteiger partial charge < -0.3 is 19.9 Å². The lowest BCUT2D eigenvalue weighted by atomic mass is 10.2. The fourth-order valence-corrected chi connectivity index (χ4v) is 3.51. The van der Waals surface area contributed by atoms with Crippen molar-refractivity contribution in [1.29, 1.82) is 0 Å². The zero-order valence-corrected chi connectivity index (χ0v) is 15.7. The molecule has 0 saturated carbocycles. The van der Waals surface area contributed by atoms with Crippen LogP contribution in [0.2, 0.25) is 0 Å². The van der Waals surface area contributed by atoms with Gasteiger partial charge in [-0.05, 0) is 30.7 Å². The van der Waals surface area contributed by atoms with E-state index < -0.39 is 0 Å². The largest absolute Gasteiger partial charge is 0.497 e. The monoisotopic (exact) mass is 375 g/mol. The highest BCUT2D eigenvalue weighted by molar-refractivity contribution is 6.01. The predicted octanol–water partition coefficient (Wildman–Crippen LogP) is -0.746. The van der Waals surface area contributed by atoms with Crippen LogP contribution in [0.4, 0.5) is 4.79 Å². The number of amides is 4. The summed E-state index contributed by atoms with van der Waals surface area (Å²) in [6.45, 7) is 4.64. The van der Waals surface area contributed by atoms with Crippen LogP contribution in [0.1, 0.15) is 18.4 Å². The van der Waals surface area contributed by atoms with Crippen molar-refractivity contribution in [1.82, 2.24) is 15.1 Å². The van der Waals surface area contributed by atoms with Crippen molar-refractivity contribution < 1.29 is 24.0 Å². The number of rotatable bonds is 7. The van der Waals surface area contributed by atoms with Crippen LogP contribution >= 0.6 is 0 Å². The highest BCUT2D eigenvalue weighted by Crippen LogP contribution is 2.10. The lowest BCUT2D eigenvalue weighted by molar-refractivity contribution is -0.917. The highest BCUT2D eigenvalue weighted by atomic mass is 16.5.